The third kappa shape index (κ3) is 4.99. The molecule has 8 nitrogen and oxygen atoms in total. The molecule has 0 aliphatic rings. The Hall–Kier alpha value is -2.22. The van der Waals surface area contributed by atoms with Crippen molar-refractivity contribution in [1.29, 1.82) is 0 Å². The maximum absolute atomic E-state index is 11.3. The fourth-order valence-corrected chi connectivity index (χ4v) is 1.54. The second kappa shape index (κ2) is 8.85. The molecule has 1 aromatic rings. The van der Waals surface area contributed by atoms with Crippen LogP contribution in [0.15, 0.2) is 12.7 Å². The Kier molecular flexibility index (Phi) is 7.10. The van der Waals surface area contributed by atoms with Gasteiger partial charge in [0.15, 0.2) is 5.82 Å². The molecule has 1 N–H and O–H groups in total. The summed E-state index contributed by atoms with van der Waals surface area (Å²) in [5.74, 6) is 0.386. The maximum atomic E-state index is 11.3. The molecule has 0 aliphatic heterocycles. The number of aromatic nitrogens is 2. The molecule has 1 heterocycles. The van der Waals surface area contributed by atoms with Crippen molar-refractivity contribution in [3.05, 3.63) is 28.6 Å². The Morgan fingerprint density at radius 1 is 1.48 bits per heavy atom. The molecule has 0 aliphatic carbocycles. The lowest BCUT2D eigenvalue weighted by molar-refractivity contribution is -0.385. The van der Waals surface area contributed by atoms with E-state index in [0.717, 1.165) is 12.8 Å². The van der Waals surface area contributed by atoms with Gasteiger partial charge in [-0.25, -0.2) is 4.98 Å². The van der Waals surface area contributed by atoms with Crippen LogP contribution in [0.3, 0.4) is 0 Å². The van der Waals surface area contributed by atoms with Crippen LogP contribution in [0.4, 0.5) is 11.5 Å². The van der Waals surface area contributed by atoms with Crippen molar-refractivity contribution in [2.24, 2.45) is 0 Å². The zero-order valence-electron chi connectivity index (χ0n) is 12.3. The van der Waals surface area contributed by atoms with Crippen LogP contribution in [0.25, 0.3) is 0 Å². The van der Waals surface area contributed by atoms with Gasteiger partial charge in [-0.05, 0) is 6.42 Å². The zero-order valence-corrected chi connectivity index (χ0v) is 12.3. The summed E-state index contributed by atoms with van der Waals surface area (Å²) in [6, 6.07) is 0. The van der Waals surface area contributed by atoms with Gasteiger partial charge in [0.1, 0.15) is 6.61 Å². The lowest BCUT2D eigenvalue weighted by Gasteiger charge is -2.10. The second-order valence-electron chi connectivity index (χ2n) is 4.20. The number of nitrogens with one attached hydrogen (secondary N) is 1. The van der Waals surface area contributed by atoms with Gasteiger partial charge in [-0.15, -0.1) is 6.58 Å². The SMILES string of the molecule is C=CCNc1nc(COC)nc(OCCCC)c1[N+](=O)[O-]. The molecule has 1 rings (SSSR count). The van der Waals surface area contributed by atoms with E-state index in [-0.39, 0.29) is 24.0 Å². The molecule has 116 valence electrons. The number of ether oxygens (including phenoxy) is 2. The largest absolute Gasteiger partial charge is 0.473 e. The third-order valence-corrected chi connectivity index (χ3v) is 2.50. The molecule has 0 bridgehead atoms. The van der Waals surface area contributed by atoms with Gasteiger partial charge in [0, 0.05) is 13.7 Å². The van der Waals surface area contributed by atoms with E-state index in [1.54, 1.807) is 6.08 Å². The molecule has 0 unspecified atom stereocenters. The highest BCUT2D eigenvalue weighted by molar-refractivity contribution is 5.61. The van der Waals surface area contributed by atoms with Crippen LogP contribution in [-0.2, 0) is 11.3 Å². The standard InChI is InChI=1S/C13H20N4O4/c1-4-6-8-21-13-11(17(18)19)12(14-7-5-2)15-10(16-13)9-20-3/h5H,2,4,6-9H2,1,3H3,(H,14,15,16). The Bertz CT molecular complexity index is 493. The van der Waals surface area contributed by atoms with E-state index in [2.05, 4.69) is 21.9 Å². The predicted molar refractivity (Wildman–Crippen MR) is 78.5 cm³/mol. The van der Waals surface area contributed by atoms with Gasteiger partial charge in [0.25, 0.3) is 5.88 Å². The summed E-state index contributed by atoms with van der Waals surface area (Å²) in [6.07, 6.45) is 3.29. The summed E-state index contributed by atoms with van der Waals surface area (Å²) in [4.78, 5) is 18.9. The third-order valence-electron chi connectivity index (χ3n) is 2.50. The van der Waals surface area contributed by atoms with E-state index >= 15 is 0 Å². The van der Waals surface area contributed by atoms with Gasteiger partial charge in [0.05, 0.1) is 11.5 Å². The lowest BCUT2D eigenvalue weighted by Crippen LogP contribution is -2.11. The van der Waals surface area contributed by atoms with E-state index in [9.17, 15) is 10.1 Å². The zero-order chi connectivity index (χ0) is 15.7. The fourth-order valence-electron chi connectivity index (χ4n) is 1.54. The molecule has 0 spiro atoms. The van der Waals surface area contributed by atoms with E-state index in [4.69, 9.17) is 9.47 Å². The van der Waals surface area contributed by atoms with E-state index in [1.165, 1.54) is 7.11 Å². The van der Waals surface area contributed by atoms with Crippen molar-refractivity contribution in [3.63, 3.8) is 0 Å². The molecular formula is C13H20N4O4. The highest BCUT2D eigenvalue weighted by atomic mass is 16.6. The van der Waals surface area contributed by atoms with Crippen molar-refractivity contribution in [2.45, 2.75) is 26.4 Å². The number of hydrogen-bond donors (Lipinski definition) is 1. The number of rotatable bonds is 10. The smallest absolute Gasteiger partial charge is 0.372 e. The number of hydrogen-bond acceptors (Lipinski definition) is 7. The summed E-state index contributed by atoms with van der Waals surface area (Å²) in [6.45, 7) is 6.42. The first-order valence-electron chi connectivity index (χ1n) is 6.65. The van der Waals surface area contributed by atoms with Gasteiger partial charge >= 0.3 is 5.69 Å². The summed E-state index contributed by atoms with van der Waals surface area (Å²) in [5, 5.41) is 14.1. The average molecular weight is 296 g/mol. The first-order valence-corrected chi connectivity index (χ1v) is 6.65. The Morgan fingerprint density at radius 2 is 2.24 bits per heavy atom. The van der Waals surface area contributed by atoms with Crippen molar-refractivity contribution in [3.8, 4) is 5.88 Å². The van der Waals surface area contributed by atoms with Gasteiger partial charge in [-0.3, -0.25) is 10.1 Å². The van der Waals surface area contributed by atoms with Gasteiger partial charge in [-0.1, -0.05) is 19.4 Å². The van der Waals surface area contributed by atoms with Crippen molar-refractivity contribution in [2.75, 3.05) is 25.6 Å². The minimum atomic E-state index is -0.552. The van der Waals surface area contributed by atoms with Crippen LogP contribution in [0.1, 0.15) is 25.6 Å². The van der Waals surface area contributed by atoms with Crippen LogP contribution in [-0.4, -0.2) is 35.2 Å². The highest BCUT2D eigenvalue weighted by Crippen LogP contribution is 2.32. The molecule has 0 amide bonds. The number of unbranched alkanes of at least 4 members (excludes halogenated alkanes) is 1. The predicted octanol–water partition coefficient (Wildman–Crippen LogP) is 2.31. The summed E-state index contributed by atoms with van der Waals surface area (Å²) in [7, 11) is 1.50. The Morgan fingerprint density at radius 3 is 2.81 bits per heavy atom. The molecule has 21 heavy (non-hydrogen) atoms. The fraction of sp³-hybridized carbons (Fsp3) is 0.538. The number of anilines is 1. The molecule has 0 radical (unpaired) electrons. The van der Waals surface area contributed by atoms with Crippen LogP contribution in [0.5, 0.6) is 5.88 Å². The molecule has 0 aromatic carbocycles. The van der Waals surface area contributed by atoms with Gasteiger partial charge in [0.2, 0.25) is 5.82 Å². The topological polar surface area (TPSA) is 99.4 Å². The van der Waals surface area contributed by atoms with Crippen molar-refractivity contribution >= 4 is 11.5 Å². The molecule has 0 saturated carbocycles. The highest BCUT2D eigenvalue weighted by Gasteiger charge is 2.26. The van der Waals surface area contributed by atoms with Gasteiger partial charge < -0.3 is 14.8 Å². The minimum absolute atomic E-state index is 0.0398. The van der Waals surface area contributed by atoms with Gasteiger partial charge in [-0.2, -0.15) is 4.98 Å². The summed E-state index contributed by atoms with van der Waals surface area (Å²) >= 11 is 0. The van der Waals surface area contributed by atoms with Crippen LogP contribution < -0.4 is 10.1 Å². The van der Waals surface area contributed by atoms with E-state index < -0.39 is 4.92 Å². The van der Waals surface area contributed by atoms with Crippen molar-refractivity contribution in [1.82, 2.24) is 9.97 Å². The second-order valence-corrected chi connectivity index (χ2v) is 4.20. The lowest BCUT2D eigenvalue weighted by atomic mass is 10.3. The number of nitrogens with zero attached hydrogens (tertiary/aromatic N) is 3. The monoisotopic (exact) mass is 296 g/mol. The molecule has 0 fully saturated rings. The van der Waals surface area contributed by atoms with E-state index in [0.29, 0.717) is 19.0 Å². The quantitative estimate of drug-likeness (QED) is 0.306. The number of methoxy groups -OCH3 is 1. The average Bonchev–Trinajstić information content (AvgIpc) is 2.45. The van der Waals surface area contributed by atoms with Crippen molar-refractivity contribution < 1.29 is 14.4 Å². The van der Waals surface area contributed by atoms with E-state index in [1.807, 2.05) is 6.92 Å². The maximum Gasteiger partial charge on any atom is 0.372 e. The van der Waals surface area contributed by atoms with Crippen LogP contribution in [0, 0.1) is 10.1 Å². The Balaban J connectivity index is 3.17. The summed E-state index contributed by atoms with van der Waals surface area (Å²) in [5.41, 5.74) is -0.271. The molecule has 1 aromatic heterocycles. The molecular weight excluding hydrogens is 276 g/mol. The molecule has 0 saturated heterocycles. The molecule has 8 heteroatoms. The summed E-state index contributed by atoms with van der Waals surface area (Å²) < 4.78 is 10.4. The van der Waals surface area contributed by atoms with Crippen LogP contribution >= 0.6 is 0 Å². The number of nitro groups is 1. The minimum Gasteiger partial charge on any atom is -0.473 e. The molecule has 0 atom stereocenters. The first-order chi connectivity index (χ1) is 10.1. The normalized spacial score (nSPS) is 10.2. The van der Waals surface area contributed by atoms with Crippen LogP contribution in [0.2, 0.25) is 0 Å². The first kappa shape index (κ1) is 16.8. The Labute approximate surface area is 123 Å².